The van der Waals surface area contributed by atoms with Gasteiger partial charge in [0.15, 0.2) is 0 Å². The van der Waals surface area contributed by atoms with Crippen LogP contribution in [0.5, 0.6) is 0 Å². The molecule has 2 saturated heterocycles. The van der Waals surface area contributed by atoms with E-state index in [-0.39, 0.29) is 6.03 Å². The summed E-state index contributed by atoms with van der Waals surface area (Å²) in [5.41, 5.74) is 0. The highest BCUT2D eigenvalue weighted by atomic mass is 16.5. The fourth-order valence-corrected chi connectivity index (χ4v) is 3.31. The number of aliphatic hydroxyl groups is 1. The van der Waals surface area contributed by atoms with Crippen LogP contribution in [0.4, 0.5) is 10.7 Å². The number of urea groups is 1. The Labute approximate surface area is 135 Å². The zero-order valence-electron chi connectivity index (χ0n) is 13.2. The molecule has 1 aromatic heterocycles. The molecule has 2 aliphatic heterocycles. The van der Waals surface area contributed by atoms with Crippen LogP contribution in [-0.2, 0) is 0 Å². The van der Waals surface area contributed by atoms with Gasteiger partial charge >= 0.3 is 6.03 Å². The lowest BCUT2D eigenvalue weighted by molar-refractivity contribution is 0.121. The average molecular weight is 321 g/mol. The summed E-state index contributed by atoms with van der Waals surface area (Å²) in [7, 11) is 0. The summed E-state index contributed by atoms with van der Waals surface area (Å²) in [5.74, 6) is 1.64. The Hall–Kier alpha value is -1.83. The number of hydrogen-bond donors (Lipinski definition) is 1. The number of carbonyl (C=O) groups excluding carboxylic acids is 1. The van der Waals surface area contributed by atoms with Crippen LogP contribution in [0.25, 0.3) is 0 Å². The van der Waals surface area contributed by atoms with Crippen molar-refractivity contribution in [3.63, 3.8) is 0 Å². The highest BCUT2D eigenvalue weighted by Crippen LogP contribution is 2.39. The number of hydrogen-bond acceptors (Lipinski definition) is 6. The maximum absolute atomic E-state index is 12.5. The number of aliphatic hydroxyl groups excluding tert-OH is 1. The summed E-state index contributed by atoms with van der Waals surface area (Å²) in [6.45, 7) is 3.61. The first-order valence-corrected chi connectivity index (χ1v) is 8.51. The molecule has 0 aromatic carbocycles. The van der Waals surface area contributed by atoms with Gasteiger partial charge in [-0.25, -0.2) is 4.79 Å². The minimum Gasteiger partial charge on any atom is -0.389 e. The molecule has 0 radical (unpaired) electrons. The number of likely N-dealkylation sites (tertiary alicyclic amines) is 1. The fraction of sp³-hybridized carbons (Fsp3) is 0.800. The van der Waals surface area contributed by atoms with Gasteiger partial charge in [-0.05, 0) is 30.8 Å². The maximum Gasteiger partial charge on any atom is 0.320 e. The second-order valence-electron chi connectivity index (χ2n) is 6.73. The molecule has 8 heteroatoms. The summed E-state index contributed by atoms with van der Waals surface area (Å²) in [4.78, 5) is 22.5. The molecule has 8 nitrogen and oxygen atoms in total. The predicted molar refractivity (Wildman–Crippen MR) is 82.3 cm³/mol. The molecule has 126 valence electrons. The molecule has 3 fully saturated rings. The molecule has 3 aliphatic rings. The van der Waals surface area contributed by atoms with Gasteiger partial charge in [0, 0.05) is 38.6 Å². The number of aromatic nitrogens is 2. The Morgan fingerprint density at radius 3 is 2.61 bits per heavy atom. The normalized spacial score (nSPS) is 25.8. The van der Waals surface area contributed by atoms with Gasteiger partial charge in [0.05, 0.1) is 12.6 Å². The lowest BCUT2D eigenvalue weighted by Gasteiger charge is -2.27. The van der Waals surface area contributed by atoms with Crippen LogP contribution in [0.1, 0.15) is 37.5 Å². The summed E-state index contributed by atoms with van der Waals surface area (Å²) in [6.07, 6.45) is 3.76. The number of rotatable bonds is 2. The number of nitrogens with zero attached hydrogens (tertiary/aromatic N) is 5. The van der Waals surface area contributed by atoms with Crippen LogP contribution in [-0.4, -0.2) is 76.5 Å². The van der Waals surface area contributed by atoms with Gasteiger partial charge in [0.2, 0.25) is 5.89 Å². The van der Waals surface area contributed by atoms with E-state index in [2.05, 4.69) is 10.1 Å². The van der Waals surface area contributed by atoms with Gasteiger partial charge in [-0.3, -0.25) is 0 Å². The highest BCUT2D eigenvalue weighted by molar-refractivity contribution is 5.75. The summed E-state index contributed by atoms with van der Waals surface area (Å²) < 4.78 is 5.30. The largest absolute Gasteiger partial charge is 0.389 e. The molecule has 1 N–H and O–H groups in total. The summed E-state index contributed by atoms with van der Waals surface area (Å²) in [5, 5.41) is 14.3. The van der Waals surface area contributed by atoms with Crippen molar-refractivity contribution in [2.45, 2.75) is 37.7 Å². The Morgan fingerprint density at radius 2 is 1.87 bits per heavy atom. The first-order valence-electron chi connectivity index (χ1n) is 8.51. The molecule has 0 spiro atoms. The van der Waals surface area contributed by atoms with Crippen LogP contribution in [0.15, 0.2) is 4.52 Å². The fourth-order valence-electron chi connectivity index (χ4n) is 3.31. The van der Waals surface area contributed by atoms with Crippen LogP contribution >= 0.6 is 0 Å². The van der Waals surface area contributed by atoms with Crippen LogP contribution < -0.4 is 4.90 Å². The molecular weight excluding hydrogens is 298 g/mol. The van der Waals surface area contributed by atoms with Crippen molar-refractivity contribution >= 4 is 12.0 Å². The van der Waals surface area contributed by atoms with Crippen LogP contribution in [0.3, 0.4) is 0 Å². The van der Waals surface area contributed by atoms with E-state index in [0.717, 1.165) is 38.8 Å². The van der Waals surface area contributed by atoms with Crippen LogP contribution in [0, 0.1) is 0 Å². The lowest BCUT2D eigenvalue weighted by atomic mass is 10.3. The Bertz CT molecular complexity index is 567. The number of carbonyl (C=O) groups is 1. The van der Waals surface area contributed by atoms with E-state index >= 15 is 0 Å². The smallest absolute Gasteiger partial charge is 0.320 e. The Kier molecular flexibility index (Phi) is 3.84. The number of β-amino-alcohol motifs (C(OH)–C–C–N with tert-alkyl or cyclic N) is 1. The van der Waals surface area contributed by atoms with E-state index < -0.39 is 6.10 Å². The molecule has 23 heavy (non-hydrogen) atoms. The van der Waals surface area contributed by atoms with E-state index in [0.29, 0.717) is 43.9 Å². The topological polar surface area (TPSA) is 85.9 Å². The van der Waals surface area contributed by atoms with Gasteiger partial charge in [0.1, 0.15) is 0 Å². The van der Waals surface area contributed by atoms with Crippen molar-refractivity contribution in [1.29, 1.82) is 0 Å². The molecule has 4 rings (SSSR count). The van der Waals surface area contributed by atoms with Gasteiger partial charge in [0.25, 0.3) is 5.95 Å². The number of anilines is 1. The third-order valence-electron chi connectivity index (χ3n) is 4.79. The molecule has 3 heterocycles. The molecule has 1 aromatic rings. The molecule has 0 unspecified atom stereocenters. The van der Waals surface area contributed by atoms with E-state index in [1.165, 1.54) is 0 Å². The summed E-state index contributed by atoms with van der Waals surface area (Å²) >= 11 is 0. The Morgan fingerprint density at radius 1 is 1.09 bits per heavy atom. The van der Waals surface area contributed by atoms with Gasteiger partial charge < -0.3 is 24.3 Å². The minimum absolute atomic E-state index is 0.0372. The van der Waals surface area contributed by atoms with Crippen molar-refractivity contribution in [3.05, 3.63) is 5.89 Å². The highest BCUT2D eigenvalue weighted by Gasteiger charge is 2.33. The molecule has 2 amide bonds. The SMILES string of the molecule is O=C(N1CCCC1)N1CCN(c2noc(C3CC3)n2)C[C@H](O)C1. The third kappa shape index (κ3) is 3.12. The zero-order chi connectivity index (χ0) is 15.8. The lowest BCUT2D eigenvalue weighted by Crippen LogP contribution is -2.45. The molecule has 1 aliphatic carbocycles. The van der Waals surface area contributed by atoms with Crippen molar-refractivity contribution < 1.29 is 14.4 Å². The molecule has 1 atom stereocenters. The molecule has 0 bridgehead atoms. The summed E-state index contributed by atoms with van der Waals surface area (Å²) in [6, 6.07) is 0.0372. The molecular formula is C15H23N5O3. The van der Waals surface area contributed by atoms with E-state index in [1.807, 2.05) is 9.80 Å². The maximum atomic E-state index is 12.5. The van der Waals surface area contributed by atoms with E-state index in [4.69, 9.17) is 4.52 Å². The van der Waals surface area contributed by atoms with Crippen molar-refractivity contribution in [2.75, 3.05) is 44.2 Å². The Balaban J connectivity index is 1.42. The number of amides is 2. The van der Waals surface area contributed by atoms with Gasteiger partial charge in [-0.15, -0.1) is 0 Å². The third-order valence-corrected chi connectivity index (χ3v) is 4.79. The first-order chi connectivity index (χ1) is 11.2. The van der Waals surface area contributed by atoms with Crippen molar-refractivity contribution in [2.24, 2.45) is 0 Å². The molecule has 1 saturated carbocycles. The second kappa shape index (κ2) is 5.99. The standard InChI is InChI=1S/C15H23N5O3/c21-12-9-19(14-16-13(23-17-14)11-3-4-11)7-8-20(10-12)15(22)18-5-1-2-6-18/h11-12,21H,1-10H2/t12-/m0/s1. The predicted octanol–water partition coefficient (Wildman–Crippen LogP) is 0.646. The second-order valence-corrected chi connectivity index (χ2v) is 6.73. The quantitative estimate of drug-likeness (QED) is 0.860. The first kappa shape index (κ1) is 14.7. The minimum atomic E-state index is -0.605. The van der Waals surface area contributed by atoms with Crippen molar-refractivity contribution in [3.8, 4) is 0 Å². The van der Waals surface area contributed by atoms with Crippen LogP contribution in [0.2, 0.25) is 0 Å². The van der Waals surface area contributed by atoms with E-state index in [9.17, 15) is 9.90 Å². The van der Waals surface area contributed by atoms with Crippen molar-refractivity contribution in [1.82, 2.24) is 19.9 Å². The van der Waals surface area contributed by atoms with Gasteiger partial charge in [-0.1, -0.05) is 0 Å². The monoisotopic (exact) mass is 321 g/mol. The zero-order valence-corrected chi connectivity index (χ0v) is 13.2. The average Bonchev–Trinajstić information content (AvgIpc) is 3.10. The van der Waals surface area contributed by atoms with Gasteiger partial charge in [-0.2, -0.15) is 4.98 Å². The van der Waals surface area contributed by atoms with E-state index in [1.54, 1.807) is 4.90 Å².